The monoisotopic (exact) mass is 329 g/mol. The van der Waals surface area contributed by atoms with Gasteiger partial charge < -0.3 is 15.1 Å². The largest absolute Gasteiger partial charge is 0.468 e. The highest BCUT2D eigenvalue weighted by Crippen LogP contribution is 2.24. The van der Waals surface area contributed by atoms with E-state index in [1.807, 2.05) is 12.1 Å². The molecule has 1 aliphatic rings. The van der Waals surface area contributed by atoms with Crippen molar-refractivity contribution >= 4 is 11.9 Å². The van der Waals surface area contributed by atoms with E-state index < -0.39 is 0 Å². The molecule has 128 valence electrons. The number of carbonyl (C=O) groups is 1. The maximum Gasteiger partial charge on any atom is 0.222 e. The van der Waals surface area contributed by atoms with E-state index in [-0.39, 0.29) is 11.9 Å². The van der Waals surface area contributed by atoms with Crippen molar-refractivity contribution in [3.8, 4) is 0 Å². The summed E-state index contributed by atoms with van der Waals surface area (Å²) < 4.78 is 5.56. The molecule has 0 aliphatic carbocycles. The number of rotatable bonds is 8. The van der Waals surface area contributed by atoms with Crippen molar-refractivity contribution in [2.24, 2.45) is 0 Å². The molecule has 2 aromatic heterocycles. The molecule has 0 saturated carbocycles. The summed E-state index contributed by atoms with van der Waals surface area (Å²) >= 11 is 0. The number of anilines is 1. The summed E-state index contributed by atoms with van der Waals surface area (Å²) in [5.41, 5.74) is 0. The number of nitrogens with zero attached hydrogens (tertiary/aromatic N) is 3. The van der Waals surface area contributed by atoms with Gasteiger partial charge in [0.05, 0.1) is 12.3 Å². The quantitative estimate of drug-likeness (QED) is 0.769. The van der Waals surface area contributed by atoms with Gasteiger partial charge in [-0.2, -0.15) is 0 Å². The summed E-state index contributed by atoms with van der Waals surface area (Å²) in [6.45, 7) is 3.17. The van der Waals surface area contributed by atoms with Gasteiger partial charge in [0.2, 0.25) is 11.9 Å². The van der Waals surface area contributed by atoms with Crippen LogP contribution in [0.2, 0.25) is 0 Å². The van der Waals surface area contributed by atoms with Crippen LogP contribution in [0.4, 0.5) is 5.95 Å². The first-order valence-corrected chi connectivity index (χ1v) is 8.38. The molecule has 0 spiro atoms. The topological polar surface area (TPSA) is 83.3 Å². The first kappa shape index (κ1) is 16.4. The molecule has 24 heavy (non-hydrogen) atoms. The summed E-state index contributed by atoms with van der Waals surface area (Å²) in [6.07, 6.45) is 7.80. The molecule has 2 N–H and O–H groups in total. The molecule has 0 radical (unpaired) electrons. The minimum Gasteiger partial charge on any atom is -0.468 e. The SMILES string of the molecule is O=C(CCNc1ncccn1)NC[C@H](c1ccco1)N1CCCC1. The third-order valence-corrected chi connectivity index (χ3v) is 4.15. The molecule has 3 heterocycles. The predicted molar refractivity (Wildman–Crippen MR) is 90.4 cm³/mol. The molecular formula is C17H23N5O2. The molecule has 3 rings (SSSR count). The molecule has 2 aromatic rings. The van der Waals surface area contributed by atoms with E-state index in [4.69, 9.17) is 4.42 Å². The molecule has 7 nitrogen and oxygen atoms in total. The van der Waals surface area contributed by atoms with Crippen molar-refractivity contribution in [3.05, 3.63) is 42.6 Å². The highest BCUT2D eigenvalue weighted by Gasteiger charge is 2.25. The van der Waals surface area contributed by atoms with Crippen LogP contribution in [0, 0.1) is 0 Å². The Morgan fingerprint density at radius 3 is 2.75 bits per heavy atom. The van der Waals surface area contributed by atoms with Crippen molar-refractivity contribution in [3.63, 3.8) is 0 Å². The van der Waals surface area contributed by atoms with Crippen LogP contribution in [0.25, 0.3) is 0 Å². The molecule has 1 atom stereocenters. The van der Waals surface area contributed by atoms with Crippen LogP contribution in [0.5, 0.6) is 0 Å². The van der Waals surface area contributed by atoms with Crippen molar-refractivity contribution in [2.75, 3.05) is 31.5 Å². The molecule has 0 unspecified atom stereocenters. The minimum atomic E-state index is 0.00850. The van der Waals surface area contributed by atoms with Gasteiger partial charge in [-0.15, -0.1) is 0 Å². The van der Waals surface area contributed by atoms with Crippen LogP contribution in [-0.4, -0.2) is 47.0 Å². The average molecular weight is 329 g/mol. The van der Waals surface area contributed by atoms with E-state index in [0.717, 1.165) is 18.8 Å². The first-order valence-electron chi connectivity index (χ1n) is 8.38. The second-order valence-corrected chi connectivity index (χ2v) is 5.83. The smallest absolute Gasteiger partial charge is 0.222 e. The van der Waals surface area contributed by atoms with Crippen LogP contribution >= 0.6 is 0 Å². The highest BCUT2D eigenvalue weighted by molar-refractivity contribution is 5.76. The van der Waals surface area contributed by atoms with E-state index >= 15 is 0 Å². The standard InChI is InChI=1S/C17H23N5O2/c23-16(6-9-20-17-18-7-4-8-19-17)21-13-14(15-5-3-12-24-15)22-10-1-2-11-22/h3-5,7-8,12,14H,1-2,6,9-11,13H2,(H,21,23)(H,18,19,20)/t14-/m1/s1. The fraction of sp³-hybridized carbons (Fsp3) is 0.471. The van der Waals surface area contributed by atoms with Gasteiger partial charge in [0.25, 0.3) is 0 Å². The van der Waals surface area contributed by atoms with Gasteiger partial charge in [0.15, 0.2) is 0 Å². The number of hydrogen-bond donors (Lipinski definition) is 2. The Morgan fingerprint density at radius 2 is 2.04 bits per heavy atom. The number of hydrogen-bond acceptors (Lipinski definition) is 6. The third kappa shape index (κ3) is 4.55. The van der Waals surface area contributed by atoms with Crippen LogP contribution in [0.1, 0.15) is 31.1 Å². The number of amides is 1. The van der Waals surface area contributed by atoms with Gasteiger partial charge in [-0.3, -0.25) is 9.69 Å². The molecule has 1 amide bonds. The third-order valence-electron chi connectivity index (χ3n) is 4.15. The van der Waals surface area contributed by atoms with Crippen LogP contribution < -0.4 is 10.6 Å². The molecule has 0 bridgehead atoms. The normalized spacial score (nSPS) is 16.0. The summed E-state index contributed by atoms with van der Waals surface area (Å²) in [5, 5.41) is 6.05. The summed E-state index contributed by atoms with van der Waals surface area (Å²) in [7, 11) is 0. The van der Waals surface area contributed by atoms with Gasteiger partial charge in [0.1, 0.15) is 5.76 Å². The van der Waals surface area contributed by atoms with E-state index in [9.17, 15) is 4.79 Å². The van der Waals surface area contributed by atoms with Crippen molar-refractivity contribution in [2.45, 2.75) is 25.3 Å². The molecule has 7 heteroatoms. The number of likely N-dealkylation sites (tertiary alicyclic amines) is 1. The lowest BCUT2D eigenvalue weighted by molar-refractivity contribution is -0.121. The fourth-order valence-corrected chi connectivity index (χ4v) is 2.92. The fourth-order valence-electron chi connectivity index (χ4n) is 2.92. The average Bonchev–Trinajstić information content (AvgIpc) is 3.30. The number of aromatic nitrogens is 2. The summed E-state index contributed by atoms with van der Waals surface area (Å²) in [5.74, 6) is 1.46. The zero-order valence-corrected chi connectivity index (χ0v) is 13.6. The lowest BCUT2D eigenvalue weighted by atomic mass is 10.2. The molecule has 1 fully saturated rings. The maximum atomic E-state index is 12.1. The zero-order valence-electron chi connectivity index (χ0n) is 13.6. The first-order chi connectivity index (χ1) is 11.8. The second-order valence-electron chi connectivity index (χ2n) is 5.83. The van der Waals surface area contributed by atoms with Crippen LogP contribution in [0.15, 0.2) is 41.3 Å². The summed E-state index contributed by atoms with van der Waals surface area (Å²) in [4.78, 5) is 22.6. The molecular weight excluding hydrogens is 306 g/mol. The predicted octanol–water partition coefficient (Wildman–Crippen LogP) is 1.82. The molecule has 0 aromatic carbocycles. The number of nitrogens with one attached hydrogen (secondary N) is 2. The Bertz CT molecular complexity index is 611. The zero-order chi connectivity index (χ0) is 16.6. The summed E-state index contributed by atoms with van der Waals surface area (Å²) in [6, 6.07) is 5.73. The van der Waals surface area contributed by atoms with Gasteiger partial charge in [-0.05, 0) is 44.1 Å². The number of carbonyl (C=O) groups excluding carboxylic acids is 1. The second kappa shape index (κ2) is 8.44. The van der Waals surface area contributed by atoms with Crippen molar-refractivity contribution in [1.29, 1.82) is 0 Å². The molecule has 1 saturated heterocycles. The van der Waals surface area contributed by atoms with Crippen LogP contribution in [-0.2, 0) is 4.79 Å². The van der Waals surface area contributed by atoms with E-state index in [2.05, 4.69) is 25.5 Å². The minimum absolute atomic E-state index is 0.00850. The maximum absolute atomic E-state index is 12.1. The van der Waals surface area contributed by atoms with Crippen molar-refractivity contribution in [1.82, 2.24) is 20.2 Å². The Kier molecular flexibility index (Phi) is 5.79. The van der Waals surface area contributed by atoms with Gasteiger partial charge >= 0.3 is 0 Å². The van der Waals surface area contributed by atoms with Gasteiger partial charge in [-0.25, -0.2) is 9.97 Å². The molecule has 1 aliphatic heterocycles. The lowest BCUT2D eigenvalue weighted by Gasteiger charge is -2.26. The van der Waals surface area contributed by atoms with Crippen molar-refractivity contribution < 1.29 is 9.21 Å². The van der Waals surface area contributed by atoms with Crippen LogP contribution in [0.3, 0.4) is 0 Å². The lowest BCUT2D eigenvalue weighted by Crippen LogP contribution is -2.37. The van der Waals surface area contributed by atoms with Gasteiger partial charge in [-0.1, -0.05) is 0 Å². The van der Waals surface area contributed by atoms with E-state index in [1.54, 1.807) is 24.7 Å². The van der Waals surface area contributed by atoms with E-state index in [1.165, 1.54) is 12.8 Å². The number of furan rings is 1. The Labute approximate surface area is 141 Å². The Balaban J connectivity index is 1.44. The highest BCUT2D eigenvalue weighted by atomic mass is 16.3. The van der Waals surface area contributed by atoms with E-state index in [0.29, 0.717) is 25.5 Å². The Morgan fingerprint density at radius 1 is 1.25 bits per heavy atom. The van der Waals surface area contributed by atoms with Gasteiger partial charge in [0, 0.05) is 31.9 Å². The Hall–Kier alpha value is -2.41.